The van der Waals surface area contributed by atoms with Crippen LogP contribution in [0.25, 0.3) is 5.65 Å². The van der Waals surface area contributed by atoms with Gasteiger partial charge in [0.25, 0.3) is 0 Å². The van der Waals surface area contributed by atoms with Gasteiger partial charge in [-0.1, -0.05) is 32.3 Å². The summed E-state index contributed by atoms with van der Waals surface area (Å²) in [6, 6.07) is 6.06. The highest BCUT2D eigenvalue weighted by Crippen LogP contribution is 2.30. The molecule has 0 aliphatic heterocycles. The number of rotatable bonds is 4. The lowest BCUT2D eigenvalue weighted by Crippen LogP contribution is -2.16. The molecule has 2 aromatic heterocycles. The quantitative estimate of drug-likeness (QED) is 0.923. The van der Waals surface area contributed by atoms with Gasteiger partial charge in [-0.3, -0.25) is 0 Å². The Morgan fingerprint density at radius 3 is 3.05 bits per heavy atom. The summed E-state index contributed by atoms with van der Waals surface area (Å²) in [6.45, 7) is 5.41. The fourth-order valence-electron chi connectivity index (χ4n) is 3.32. The lowest BCUT2D eigenvalue weighted by molar-refractivity contribution is 0.274. The van der Waals surface area contributed by atoms with Crippen molar-refractivity contribution in [1.29, 1.82) is 0 Å². The van der Waals surface area contributed by atoms with Gasteiger partial charge in [-0.2, -0.15) is 4.98 Å². The third-order valence-corrected chi connectivity index (χ3v) is 4.43. The zero-order chi connectivity index (χ0) is 13.9. The highest BCUT2D eigenvalue weighted by Gasteiger charge is 2.18. The lowest BCUT2D eigenvalue weighted by Gasteiger charge is -2.26. The van der Waals surface area contributed by atoms with E-state index in [1.165, 1.54) is 32.1 Å². The topological polar surface area (TPSA) is 42.2 Å². The second-order valence-corrected chi connectivity index (χ2v) is 6.23. The van der Waals surface area contributed by atoms with Crippen LogP contribution in [0.3, 0.4) is 0 Å². The number of fused-ring (bicyclic) bond motifs is 1. The van der Waals surface area contributed by atoms with Gasteiger partial charge in [-0.25, -0.2) is 4.52 Å². The Morgan fingerprint density at radius 1 is 1.35 bits per heavy atom. The van der Waals surface area contributed by atoms with E-state index in [9.17, 15) is 0 Å². The molecule has 1 aliphatic carbocycles. The molecule has 2 unspecified atom stereocenters. The van der Waals surface area contributed by atoms with Crippen LogP contribution in [-0.2, 0) is 0 Å². The Morgan fingerprint density at radius 2 is 2.25 bits per heavy atom. The van der Waals surface area contributed by atoms with E-state index >= 15 is 0 Å². The van der Waals surface area contributed by atoms with Crippen molar-refractivity contribution in [3.63, 3.8) is 0 Å². The number of aryl methyl sites for hydroxylation is 1. The smallest absolute Gasteiger partial charge is 0.243 e. The third kappa shape index (κ3) is 2.94. The Kier molecular flexibility index (Phi) is 3.90. The van der Waals surface area contributed by atoms with Crippen molar-refractivity contribution in [1.82, 2.24) is 14.6 Å². The summed E-state index contributed by atoms with van der Waals surface area (Å²) in [5, 5.41) is 7.88. The van der Waals surface area contributed by atoms with Gasteiger partial charge in [-0.05, 0) is 43.7 Å². The van der Waals surface area contributed by atoms with Gasteiger partial charge in [0.15, 0.2) is 5.65 Å². The molecule has 0 bridgehead atoms. The minimum Gasteiger partial charge on any atom is -0.353 e. The molecule has 4 nitrogen and oxygen atoms in total. The molecule has 1 fully saturated rings. The molecule has 2 atom stereocenters. The van der Waals surface area contributed by atoms with Gasteiger partial charge in [0.05, 0.1) is 0 Å². The molecule has 1 aliphatic rings. The van der Waals surface area contributed by atoms with E-state index in [-0.39, 0.29) is 0 Å². The first kappa shape index (κ1) is 13.4. The molecular formula is C16H24N4. The summed E-state index contributed by atoms with van der Waals surface area (Å²) in [6.07, 6.45) is 6.83. The van der Waals surface area contributed by atoms with Crippen LogP contribution < -0.4 is 5.32 Å². The molecule has 4 heteroatoms. The first-order chi connectivity index (χ1) is 9.72. The number of nitrogens with zero attached hydrogens (tertiary/aromatic N) is 3. The molecule has 20 heavy (non-hydrogen) atoms. The zero-order valence-corrected chi connectivity index (χ0v) is 12.5. The van der Waals surface area contributed by atoms with E-state index in [1.54, 1.807) is 0 Å². The summed E-state index contributed by atoms with van der Waals surface area (Å²) < 4.78 is 1.89. The summed E-state index contributed by atoms with van der Waals surface area (Å²) in [5.41, 5.74) is 2.03. The van der Waals surface area contributed by atoms with Crippen LogP contribution in [0.4, 0.5) is 5.95 Å². The number of nitrogens with one attached hydrogen (secondary N) is 1. The normalized spacial score (nSPS) is 23.1. The zero-order valence-electron chi connectivity index (χ0n) is 12.5. The van der Waals surface area contributed by atoms with Crippen molar-refractivity contribution in [2.75, 3.05) is 11.9 Å². The number of hydrogen-bond acceptors (Lipinski definition) is 3. The van der Waals surface area contributed by atoms with Gasteiger partial charge in [0.2, 0.25) is 5.95 Å². The minimum atomic E-state index is 0.753. The number of aromatic nitrogens is 3. The first-order valence-electron chi connectivity index (χ1n) is 7.78. The van der Waals surface area contributed by atoms with Gasteiger partial charge in [-0.15, -0.1) is 5.10 Å². The van der Waals surface area contributed by atoms with E-state index in [0.717, 1.165) is 35.7 Å². The second kappa shape index (κ2) is 5.81. The molecule has 1 N–H and O–H groups in total. The third-order valence-electron chi connectivity index (χ3n) is 4.43. The second-order valence-electron chi connectivity index (χ2n) is 6.23. The largest absolute Gasteiger partial charge is 0.353 e. The van der Waals surface area contributed by atoms with E-state index in [4.69, 9.17) is 0 Å². The molecule has 108 valence electrons. The van der Waals surface area contributed by atoms with Crippen LogP contribution in [0.1, 0.15) is 44.7 Å². The first-order valence-corrected chi connectivity index (χ1v) is 7.78. The lowest BCUT2D eigenvalue weighted by atomic mass is 9.81. The average Bonchev–Trinajstić information content (AvgIpc) is 2.83. The number of anilines is 1. The van der Waals surface area contributed by atoms with Crippen molar-refractivity contribution in [3.8, 4) is 0 Å². The highest BCUT2D eigenvalue weighted by atomic mass is 15.3. The molecule has 2 aromatic rings. The van der Waals surface area contributed by atoms with Gasteiger partial charge >= 0.3 is 0 Å². The van der Waals surface area contributed by atoms with Gasteiger partial charge in [0, 0.05) is 12.2 Å². The summed E-state index contributed by atoms with van der Waals surface area (Å²) in [7, 11) is 0. The summed E-state index contributed by atoms with van der Waals surface area (Å²) >= 11 is 0. The Balaban J connectivity index is 1.56. The highest BCUT2D eigenvalue weighted by molar-refractivity contribution is 5.44. The van der Waals surface area contributed by atoms with E-state index in [2.05, 4.69) is 35.3 Å². The fraction of sp³-hybridized carbons (Fsp3) is 0.625. The van der Waals surface area contributed by atoms with Crippen molar-refractivity contribution < 1.29 is 0 Å². The van der Waals surface area contributed by atoms with Crippen LogP contribution >= 0.6 is 0 Å². The fourth-order valence-corrected chi connectivity index (χ4v) is 3.32. The van der Waals surface area contributed by atoms with Crippen molar-refractivity contribution in [2.45, 2.75) is 46.0 Å². The van der Waals surface area contributed by atoms with Crippen LogP contribution in [0.2, 0.25) is 0 Å². The minimum absolute atomic E-state index is 0.753. The molecule has 0 amide bonds. The molecular weight excluding hydrogens is 248 g/mol. The van der Waals surface area contributed by atoms with Crippen molar-refractivity contribution >= 4 is 11.6 Å². The molecule has 0 saturated heterocycles. The van der Waals surface area contributed by atoms with Gasteiger partial charge in [0.1, 0.15) is 0 Å². The summed E-state index contributed by atoms with van der Waals surface area (Å²) in [5.74, 6) is 2.54. The Labute approximate surface area is 120 Å². The summed E-state index contributed by atoms with van der Waals surface area (Å²) in [4.78, 5) is 4.51. The van der Waals surface area contributed by atoms with Crippen LogP contribution in [0.15, 0.2) is 18.2 Å². The predicted molar refractivity (Wildman–Crippen MR) is 82.0 cm³/mol. The molecule has 2 heterocycles. The number of hydrogen-bond donors (Lipinski definition) is 1. The Bertz CT molecular complexity index is 575. The van der Waals surface area contributed by atoms with Crippen LogP contribution in [-0.4, -0.2) is 21.1 Å². The molecule has 1 saturated carbocycles. The van der Waals surface area contributed by atoms with E-state index in [0.29, 0.717) is 0 Å². The predicted octanol–water partition coefficient (Wildman–Crippen LogP) is 3.67. The molecule has 0 radical (unpaired) electrons. The average molecular weight is 272 g/mol. The maximum atomic E-state index is 4.51. The van der Waals surface area contributed by atoms with Crippen molar-refractivity contribution in [2.24, 2.45) is 11.8 Å². The SMILES string of the molecule is Cc1cccc2nc(NCCC3CCCC(C)C3)nn12. The standard InChI is InChI=1S/C16H24N4/c1-12-5-3-7-14(11-12)9-10-17-16-18-15-8-4-6-13(2)20(15)19-16/h4,6,8,12,14H,3,5,7,9-11H2,1-2H3,(H,17,19). The van der Waals surface area contributed by atoms with Gasteiger partial charge < -0.3 is 5.32 Å². The van der Waals surface area contributed by atoms with Crippen molar-refractivity contribution in [3.05, 3.63) is 23.9 Å². The molecule has 0 spiro atoms. The molecule has 0 aromatic carbocycles. The van der Waals surface area contributed by atoms with Crippen LogP contribution in [0.5, 0.6) is 0 Å². The van der Waals surface area contributed by atoms with E-state index < -0.39 is 0 Å². The van der Waals surface area contributed by atoms with E-state index in [1.807, 2.05) is 16.6 Å². The Hall–Kier alpha value is -1.58. The maximum absolute atomic E-state index is 4.51. The molecule has 3 rings (SSSR count). The maximum Gasteiger partial charge on any atom is 0.243 e. The van der Waals surface area contributed by atoms with Crippen LogP contribution in [0, 0.1) is 18.8 Å². The monoisotopic (exact) mass is 272 g/mol. The number of pyridine rings is 1.